The maximum atomic E-state index is 2.49. The summed E-state index contributed by atoms with van der Waals surface area (Å²) in [6.07, 6.45) is 0. The molecule has 0 radical (unpaired) electrons. The molecule has 0 atom stereocenters. The summed E-state index contributed by atoms with van der Waals surface area (Å²) in [5, 5.41) is 7.53. The van der Waals surface area contributed by atoms with E-state index in [1.807, 2.05) is 11.3 Å². The minimum absolute atomic E-state index is 1.09. The summed E-state index contributed by atoms with van der Waals surface area (Å²) in [5.41, 5.74) is 15.3. The topological polar surface area (TPSA) is 3.24 Å². The van der Waals surface area contributed by atoms with Crippen molar-refractivity contribution in [1.29, 1.82) is 0 Å². The van der Waals surface area contributed by atoms with Gasteiger partial charge in [-0.3, -0.25) is 0 Å². The van der Waals surface area contributed by atoms with Gasteiger partial charge in [-0.25, -0.2) is 0 Å². The van der Waals surface area contributed by atoms with Crippen molar-refractivity contribution < 1.29 is 0 Å². The summed E-state index contributed by atoms with van der Waals surface area (Å²) in [7, 11) is 0. The summed E-state index contributed by atoms with van der Waals surface area (Å²) in [6.45, 7) is 0. The molecular weight excluding hydrogens is 791 g/mol. The first-order valence-electron chi connectivity index (χ1n) is 21.9. The van der Waals surface area contributed by atoms with E-state index >= 15 is 0 Å². The first-order valence-corrected chi connectivity index (χ1v) is 22.7. The average Bonchev–Trinajstić information content (AvgIpc) is 3.77. The fourth-order valence-corrected chi connectivity index (χ4v) is 10.9. The van der Waals surface area contributed by atoms with Crippen LogP contribution in [0, 0.1) is 0 Å². The number of rotatable bonds is 8. The van der Waals surface area contributed by atoms with Gasteiger partial charge in [0.25, 0.3) is 0 Å². The molecule has 0 bridgehead atoms. The van der Waals surface area contributed by atoms with Gasteiger partial charge in [0.2, 0.25) is 0 Å². The van der Waals surface area contributed by atoms with Crippen molar-refractivity contribution in [1.82, 2.24) is 0 Å². The van der Waals surface area contributed by atoms with Crippen molar-refractivity contribution >= 4 is 70.1 Å². The molecule has 0 aliphatic carbocycles. The average molecular weight is 832 g/mol. The van der Waals surface area contributed by atoms with Crippen molar-refractivity contribution in [2.24, 2.45) is 0 Å². The van der Waals surface area contributed by atoms with E-state index in [1.165, 1.54) is 91.8 Å². The standard InChI is InChI=1S/C62H41NS/c1-4-17-42(18-5-1)47-39-48(43-19-6-2-7-20-43)41-49(40-47)44-31-35-50(36-32-44)63(51-37-33-45(34-38-51)52-28-16-29-58-55-25-14-15-30-59(55)64-62(52)58)61-57-27-13-11-24-54(57)53-23-10-12-26-56(53)60(61)46-21-8-3-9-22-46/h1-41H. The fourth-order valence-electron chi connectivity index (χ4n) is 9.62. The Bertz CT molecular complexity index is 3570. The zero-order valence-corrected chi connectivity index (χ0v) is 35.8. The molecule has 12 aromatic rings. The van der Waals surface area contributed by atoms with Crippen LogP contribution in [0.1, 0.15) is 0 Å². The van der Waals surface area contributed by atoms with Gasteiger partial charge in [-0.05, 0) is 115 Å². The first kappa shape index (κ1) is 37.7. The van der Waals surface area contributed by atoms with Gasteiger partial charge < -0.3 is 4.90 Å². The van der Waals surface area contributed by atoms with Crippen LogP contribution in [0.5, 0.6) is 0 Å². The Labute approximate surface area is 377 Å². The Morgan fingerprint density at radius 2 is 0.688 bits per heavy atom. The maximum Gasteiger partial charge on any atom is 0.0624 e. The molecular formula is C62H41NS. The maximum absolute atomic E-state index is 2.49. The van der Waals surface area contributed by atoms with E-state index in [4.69, 9.17) is 0 Å². The number of benzene rings is 11. The number of hydrogen-bond acceptors (Lipinski definition) is 2. The van der Waals surface area contributed by atoms with E-state index in [2.05, 4.69) is 254 Å². The van der Waals surface area contributed by atoms with Crippen LogP contribution in [0.15, 0.2) is 249 Å². The molecule has 0 fully saturated rings. The van der Waals surface area contributed by atoms with Crippen LogP contribution in [-0.2, 0) is 0 Å². The van der Waals surface area contributed by atoms with Crippen molar-refractivity contribution in [2.75, 3.05) is 4.90 Å². The summed E-state index contributed by atoms with van der Waals surface area (Å²) in [4.78, 5) is 2.49. The molecule has 300 valence electrons. The van der Waals surface area contributed by atoms with Gasteiger partial charge in [-0.15, -0.1) is 11.3 Å². The van der Waals surface area contributed by atoms with E-state index < -0.39 is 0 Å². The lowest BCUT2D eigenvalue weighted by Gasteiger charge is -2.31. The van der Waals surface area contributed by atoms with Crippen LogP contribution in [0.4, 0.5) is 17.1 Å². The molecule has 11 aromatic carbocycles. The quantitative estimate of drug-likeness (QED) is 0.138. The Hall–Kier alpha value is -8.04. The number of nitrogens with zero attached hydrogens (tertiary/aromatic N) is 1. The highest BCUT2D eigenvalue weighted by molar-refractivity contribution is 7.26. The second-order valence-electron chi connectivity index (χ2n) is 16.4. The molecule has 0 unspecified atom stereocenters. The van der Waals surface area contributed by atoms with Crippen LogP contribution >= 0.6 is 11.3 Å². The third kappa shape index (κ3) is 6.64. The van der Waals surface area contributed by atoms with E-state index in [1.54, 1.807) is 0 Å². The Balaban J connectivity index is 1.06. The van der Waals surface area contributed by atoms with E-state index in [0.29, 0.717) is 0 Å². The van der Waals surface area contributed by atoms with Gasteiger partial charge in [0.1, 0.15) is 0 Å². The highest BCUT2D eigenvalue weighted by Crippen LogP contribution is 2.50. The molecule has 0 saturated carbocycles. The normalized spacial score (nSPS) is 11.4. The van der Waals surface area contributed by atoms with Gasteiger partial charge in [0.05, 0.1) is 5.69 Å². The lowest BCUT2D eigenvalue weighted by molar-refractivity contribution is 1.30. The van der Waals surface area contributed by atoms with Crippen molar-refractivity contribution in [2.45, 2.75) is 0 Å². The van der Waals surface area contributed by atoms with Crippen LogP contribution in [0.25, 0.3) is 97.4 Å². The first-order chi connectivity index (χ1) is 31.7. The number of anilines is 3. The predicted molar refractivity (Wildman–Crippen MR) is 276 cm³/mol. The monoisotopic (exact) mass is 831 g/mol. The van der Waals surface area contributed by atoms with Gasteiger partial charge in [0, 0.05) is 42.5 Å². The van der Waals surface area contributed by atoms with E-state index in [-0.39, 0.29) is 0 Å². The smallest absolute Gasteiger partial charge is 0.0624 e. The molecule has 0 spiro atoms. The van der Waals surface area contributed by atoms with Gasteiger partial charge in [-0.1, -0.05) is 200 Å². The van der Waals surface area contributed by atoms with Crippen molar-refractivity contribution in [3.05, 3.63) is 249 Å². The number of fused-ring (bicyclic) bond motifs is 6. The number of thiophene rings is 1. The third-order valence-electron chi connectivity index (χ3n) is 12.6. The summed E-state index contributed by atoms with van der Waals surface area (Å²) >= 11 is 1.88. The second-order valence-corrected chi connectivity index (χ2v) is 17.5. The van der Waals surface area contributed by atoms with Gasteiger partial charge in [-0.2, -0.15) is 0 Å². The Morgan fingerprint density at radius 1 is 0.266 bits per heavy atom. The summed E-state index contributed by atoms with van der Waals surface area (Å²) < 4.78 is 2.64. The van der Waals surface area contributed by atoms with E-state index in [0.717, 1.165) is 22.6 Å². The van der Waals surface area contributed by atoms with Gasteiger partial charge in [0.15, 0.2) is 0 Å². The largest absolute Gasteiger partial charge is 0.309 e. The molecule has 0 aliphatic heterocycles. The molecule has 1 nitrogen and oxygen atoms in total. The van der Waals surface area contributed by atoms with Crippen molar-refractivity contribution in [3.8, 4) is 55.6 Å². The lowest BCUT2D eigenvalue weighted by atomic mass is 9.89. The highest BCUT2D eigenvalue weighted by atomic mass is 32.1. The highest BCUT2D eigenvalue weighted by Gasteiger charge is 2.24. The van der Waals surface area contributed by atoms with Crippen molar-refractivity contribution in [3.63, 3.8) is 0 Å². The van der Waals surface area contributed by atoms with Crippen LogP contribution in [-0.4, -0.2) is 0 Å². The minimum Gasteiger partial charge on any atom is -0.309 e. The summed E-state index contributed by atoms with van der Waals surface area (Å²) in [6, 6.07) is 91.0. The molecule has 64 heavy (non-hydrogen) atoms. The Kier molecular flexibility index (Phi) is 9.43. The SMILES string of the molecule is c1ccc(-c2cc(-c3ccccc3)cc(-c3ccc(N(c4ccc(-c5cccc6c5sc5ccccc56)cc4)c4c(-c5ccccc5)c5ccccc5c5ccccc45)cc3)c2)cc1. The Morgan fingerprint density at radius 3 is 1.27 bits per heavy atom. The number of hydrogen-bond donors (Lipinski definition) is 0. The molecule has 2 heteroatoms. The molecule has 1 heterocycles. The molecule has 0 amide bonds. The lowest BCUT2D eigenvalue weighted by Crippen LogP contribution is -2.12. The molecule has 0 saturated heterocycles. The van der Waals surface area contributed by atoms with Gasteiger partial charge >= 0.3 is 0 Å². The fraction of sp³-hybridized carbons (Fsp3) is 0. The summed E-state index contributed by atoms with van der Waals surface area (Å²) in [5.74, 6) is 0. The van der Waals surface area contributed by atoms with Crippen LogP contribution in [0.2, 0.25) is 0 Å². The zero-order chi connectivity index (χ0) is 42.4. The zero-order valence-electron chi connectivity index (χ0n) is 35.0. The van der Waals surface area contributed by atoms with E-state index in [9.17, 15) is 0 Å². The second kappa shape index (κ2) is 16.0. The molecule has 1 aromatic heterocycles. The van der Waals surface area contributed by atoms with Crippen LogP contribution < -0.4 is 4.90 Å². The van der Waals surface area contributed by atoms with Crippen LogP contribution in [0.3, 0.4) is 0 Å². The molecule has 12 rings (SSSR count). The molecule has 0 N–H and O–H groups in total. The molecule has 0 aliphatic rings. The predicted octanol–water partition coefficient (Wildman–Crippen LogP) is 18.2. The minimum atomic E-state index is 1.09. The third-order valence-corrected chi connectivity index (χ3v) is 13.9.